The molecule has 0 aliphatic carbocycles. The molecule has 2 rings (SSSR count). The number of benzene rings is 2. The van der Waals surface area contributed by atoms with Gasteiger partial charge in [-0.15, -0.1) is 0 Å². The van der Waals surface area contributed by atoms with Gasteiger partial charge in [0.15, 0.2) is 0 Å². The van der Waals surface area contributed by atoms with Gasteiger partial charge >= 0.3 is 0 Å². The summed E-state index contributed by atoms with van der Waals surface area (Å²) in [5.41, 5.74) is 4.88. The molecule has 2 nitrogen and oxygen atoms in total. The van der Waals surface area contributed by atoms with Crippen molar-refractivity contribution in [1.82, 2.24) is 0 Å². The fraction of sp³-hybridized carbons (Fsp3) is 0.250. The SMILES string of the molecule is Cc1ccc(CNc2ccc(N(C)C)cc2)c(Br)c1. The molecule has 0 bridgehead atoms. The van der Waals surface area contributed by atoms with Crippen molar-refractivity contribution < 1.29 is 0 Å². The van der Waals surface area contributed by atoms with E-state index >= 15 is 0 Å². The summed E-state index contributed by atoms with van der Waals surface area (Å²) in [6.07, 6.45) is 0. The highest BCUT2D eigenvalue weighted by Crippen LogP contribution is 2.21. The van der Waals surface area contributed by atoms with Gasteiger partial charge in [0.2, 0.25) is 0 Å². The van der Waals surface area contributed by atoms with E-state index in [1.54, 1.807) is 0 Å². The molecule has 100 valence electrons. The first-order valence-electron chi connectivity index (χ1n) is 6.32. The molecule has 0 saturated carbocycles. The lowest BCUT2D eigenvalue weighted by Gasteiger charge is -2.14. The minimum absolute atomic E-state index is 0.822. The van der Waals surface area contributed by atoms with Crippen LogP contribution in [0.25, 0.3) is 0 Å². The Balaban J connectivity index is 2.02. The lowest BCUT2D eigenvalue weighted by atomic mass is 10.1. The van der Waals surface area contributed by atoms with Crippen LogP contribution in [0.5, 0.6) is 0 Å². The van der Waals surface area contributed by atoms with Gasteiger partial charge in [-0.2, -0.15) is 0 Å². The number of rotatable bonds is 4. The van der Waals surface area contributed by atoms with Crippen LogP contribution in [0.1, 0.15) is 11.1 Å². The largest absolute Gasteiger partial charge is 0.381 e. The molecule has 0 amide bonds. The molecule has 3 heteroatoms. The van der Waals surface area contributed by atoms with Crippen molar-refractivity contribution in [3.63, 3.8) is 0 Å². The number of nitrogens with zero attached hydrogens (tertiary/aromatic N) is 1. The summed E-state index contributed by atoms with van der Waals surface area (Å²) < 4.78 is 1.16. The fourth-order valence-electron chi connectivity index (χ4n) is 1.87. The van der Waals surface area contributed by atoms with Crippen LogP contribution in [-0.4, -0.2) is 14.1 Å². The lowest BCUT2D eigenvalue weighted by molar-refractivity contribution is 1.12. The van der Waals surface area contributed by atoms with Gasteiger partial charge in [-0.05, 0) is 48.4 Å². The molecule has 0 heterocycles. The second-order valence-corrected chi connectivity index (χ2v) is 5.74. The fourth-order valence-corrected chi connectivity index (χ4v) is 2.50. The minimum Gasteiger partial charge on any atom is -0.381 e. The standard InChI is InChI=1S/C16H19BrN2/c1-12-4-5-13(16(17)10-12)11-18-14-6-8-15(9-7-14)19(2)3/h4-10,18H,11H2,1-3H3. The molecule has 0 aliphatic heterocycles. The molecule has 19 heavy (non-hydrogen) atoms. The van der Waals surface area contributed by atoms with E-state index in [2.05, 4.69) is 75.5 Å². The van der Waals surface area contributed by atoms with Crippen molar-refractivity contribution in [1.29, 1.82) is 0 Å². The summed E-state index contributed by atoms with van der Waals surface area (Å²) in [6.45, 7) is 2.92. The van der Waals surface area contributed by atoms with Gasteiger partial charge in [0.05, 0.1) is 0 Å². The maximum absolute atomic E-state index is 3.60. The smallest absolute Gasteiger partial charge is 0.0411 e. The minimum atomic E-state index is 0.822. The number of anilines is 2. The summed E-state index contributed by atoms with van der Waals surface area (Å²) in [7, 11) is 4.09. The van der Waals surface area contributed by atoms with Crippen LogP contribution >= 0.6 is 15.9 Å². The van der Waals surface area contributed by atoms with E-state index in [4.69, 9.17) is 0 Å². The molecule has 0 fully saturated rings. The number of nitrogens with one attached hydrogen (secondary N) is 1. The summed E-state index contributed by atoms with van der Waals surface area (Å²) in [4.78, 5) is 2.10. The van der Waals surface area contributed by atoms with Crippen LogP contribution in [0, 0.1) is 6.92 Å². The summed E-state index contributed by atoms with van der Waals surface area (Å²) >= 11 is 3.60. The Morgan fingerprint density at radius 1 is 1.05 bits per heavy atom. The highest BCUT2D eigenvalue weighted by molar-refractivity contribution is 9.10. The Bertz CT molecular complexity index is 547. The Hall–Kier alpha value is -1.48. The topological polar surface area (TPSA) is 15.3 Å². The van der Waals surface area contributed by atoms with E-state index in [1.807, 2.05) is 14.1 Å². The average molecular weight is 319 g/mol. The van der Waals surface area contributed by atoms with Crippen molar-refractivity contribution in [2.45, 2.75) is 13.5 Å². The van der Waals surface area contributed by atoms with Crippen molar-refractivity contribution in [2.75, 3.05) is 24.3 Å². The van der Waals surface area contributed by atoms with Crippen LogP contribution in [-0.2, 0) is 6.54 Å². The second-order valence-electron chi connectivity index (χ2n) is 4.89. The monoisotopic (exact) mass is 318 g/mol. The first kappa shape index (κ1) is 13.9. The van der Waals surface area contributed by atoms with E-state index in [-0.39, 0.29) is 0 Å². The molecule has 0 atom stereocenters. The van der Waals surface area contributed by atoms with Crippen LogP contribution < -0.4 is 10.2 Å². The molecule has 0 spiro atoms. The summed E-state index contributed by atoms with van der Waals surface area (Å²) in [6, 6.07) is 14.9. The van der Waals surface area contributed by atoms with E-state index in [9.17, 15) is 0 Å². The first-order chi connectivity index (χ1) is 9.06. The van der Waals surface area contributed by atoms with Gasteiger partial charge in [-0.3, -0.25) is 0 Å². The van der Waals surface area contributed by atoms with Gasteiger partial charge < -0.3 is 10.2 Å². The quantitative estimate of drug-likeness (QED) is 0.896. The van der Waals surface area contributed by atoms with E-state index in [0.29, 0.717) is 0 Å². The van der Waals surface area contributed by atoms with E-state index in [1.165, 1.54) is 16.8 Å². The second kappa shape index (κ2) is 6.11. The zero-order chi connectivity index (χ0) is 13.8. The van der Waals surface area contributed by atoms with Crippen LogP contribution in [0.15, 0.2) is 46.9 Å². The lowest BCUT2D eigenvalue weighted by Crippen LogP contribution is -2.08. The van der Waals surface area contributed by atoms with Crippen molar-refractivity contribution in [3.8, 4) is 0 Å². The van der Waals surface area contributed by atoms with Gasteiger partial charge in [0, 0.05) is 36.5 Å². The zero-order valence-electron chi connectivity index (χ0n) is 11.6. The maximum atomic E-state index is 3.60. The third-order valence-electron chi connectivity index (χ3n) is 3.08. The van der Waals surface area contributed by atoms with Crippen LogP contribution in [0.3, 0.4) is 0 Å². The number of halogens is 1. The van der Waals surface area contributed by atoms with Crippen LogP contribution in [0.2, 0.25) is 0 Å². The number of aryl methyl sites for hydroxylation is 1. The molecule has 0 unspecified atom stereocenters. The molecular weight excluding hydrogens is 300 g/mol. The normalized spacial score (nSPS) is 10.3. The Morgan fingerprint density at radius 2 is 1.74 bits per heavy atom. The molecule has 2 aromatic rings. The van der Waals surface area contributed by atoms with Crippen molar-refractivity contribution in [3.05, 3.63) is 58.1 Å². The highest BCUT2D eigenvalue weighted by atomic mass is 79.9. The molecule has 0 radical (unpaired) electrons. The Labute approximate surface area is 123 Å². The van der Waals surface area contributed by atoms with Gasteiger partial charge in [0.25, 0.3) is 0 Å². The predicted octanol–water partition coefficient (Wildman–Crippen LogP) is 4.44. The number of hydrogen-bond donors (Lipinski definition) is 1. The maximum Gasteiger partial charge on any atom is 0.0411 e. The summed E-state index contributed by atoms with van der Waals surface area (Å²) in [5.74, 6) is 0. The Morgan fingerprint density at radius 3 is 2.32 bits per heavy atom. The summed E-state index contributed by atoms with van der Waals surface area (Å²) in [5, 5.41) is 3.44. The van der Waals surface area contributed by atoms with Crippen molar-refractivity contribution in [2.24, 2.45) is 0 Å². The third kappa shape index (κ3) is 3.74. The van der Waals surface area contributed by atoms with Gasteiger partial charge in [0.1, 0.15) is 0 Å². The highest BCUT2D eigenvalue weighted by Gasteiger charge is 2.00. The molecule has 0 saturated heterocycles. The number of hydrogen-bond acceptors (Lipinski definition) is 2. The molecule has 2 aromatic carbocycles. The molecule has 0 aliphatic rings. The van der Waals surface area contributed by atoms with Gasteiger partial charge in [-0.25, -0.2) is 0 Å². The Kier molecular flexibility index (Phi) is 4.48. The van der Waals surface area contributed by atoms with Gasteiger partial charge in [-0.1, -0.05) is 28.1 Å². The third-order valence-corrected chi connectivity index (χ3v) is 3.81. The predicted molar refractivity (Wildman–Crippen MR) is 87.0 cm³/mol. The van der Waals surface area contributed by atoms with E-state index < -0.39 is 0 Å². The average Bonchev–Trinajstić information content (AvgIpc) is 2.38. The molecular formula is C16H19BrN2. The zero-order valence-corrected chi connectivity index (χ0v) is 13.2. The van der Waals surface area contributed by atoms with Crippen LogP contribution in [0.4, 0.5) is 11.4 Å². The van der Waals surface area contributed by atoms with E-state index in [0.717, 1.165) is 16.7 Å². The van der Waals surface area contributed by atoms with Crippen molar-refractivity contribution >= 4 is 27.3 Å². The molecule has 1 N–H and O–H groups in total. The first-order valence-corrected chi connectivity index (χ1v) is 7.12. The molecule has 0 aromatic heterocycles.